The zero-order chi connectivity index (χ0) is 15.6. The zero-order valence-corrected chi connectivity index (χ0v) is 12.3. The molecular formula is C13H24F3N3O. The van der Waals surface area contributed by atoms with Crippen molar-refractivity contribution in [3.8, 4) is 0 Å². The van der Waals surface area contributed by atoms with Crippen molar-refractivity contribution in [3.05, 3.63) is 0 Å². The molecule has 20 heavy (non-hydrogen) atoms. The van der Waals surface area contributed by atoms with Gasteiger partial charge in [-0.05, 0) is 53.2 Å². The summed E-state index contributed by atoms with van der Waals surface area (Å²) in [7, 11) is 1.66. The molecule has 3 N–H and O–H groups in total. The Hall–Kier alpha value is -0.820. The number of halogens is 3. The maximum Gasteiger partial charge on any atom is 0.391 e. The lowest BCUT2D eigenvalue weighted by Crippen LogP contribution is -2.55. The van der Waals surface area contributed by atoms with E-state index in [0.29, 0.717) is 19.5 Å². The van der Waals surface area contributed by atoms with Crippen LogP contribution in [0.1, 0.15) is 33.1 Å². The number of likely N-dealkylation sites (tertiary alicyclic amines) is 1. The van der Waals surface area contributed by atoms with E-state index in [0.717, 1.165) is 0 Å². The molecule has 0 bridgehead atoms. The van der Waals surface area contributed by atoms with E-state index in [4.69, 9.17) is 5.73 Å². The van der Waals surface area contributed by atoms with Crippen molar-refractivity contribution in [1.82, 2.24) is 10.2 Å². The van der Waals surface area contributed by atoms with E-state index in [1.54, 1.807) is 14.0 Å². The van der Waals surface area contributed by atoms with Crippen molar-refractivity contribution < 1.29 is 18.0 Å². The van der Waals surface area contributed by atoms with E-state index in [1.165, 1.54) is 0 Å². The average Bonchev–Trinajstić information content (AvgIpc) is 2.37. The standard InChI is InChI=1S/C13H24F3N3O/c1-9(8-12(2,18-3)11(17)20)19-6-4-10(5-7-19)13(14,15)16/h9-10,18H,4-8H2,1-3H3,(H2,17,20). The summed E-state index contributed by atoms with van der Waals surface area (Å²) >= 11 is 0. The SMILES string of the molecule is CNC(C)(CC(C)N1CCC(C(F)(F)F)CC1)C(N)=O. The number of hydrogen-bond donors (Lipinski definition) is 2. The first-order chi connectivity index (χ1) is 9.10. The highest BCUT2D eigenvalue weighted by molar-refractivity contribution is 5.84. The predicted molar refractivity (Wildman–Crippen MR) is 71.1 cm³/mol. The van der Waals surface area contributed by atoms with E-state index in [1.807, 2.05) is 11.8 Å². The Morgan fingerprint density at radius 1 is 1.40 bits per heavy atom. The number of amides is 1. The summed E-state index contributed by atoms with van der Waals surface area (Å²) in [5.74, 6) is -1.64. The molecule has 2 unspecified atom stereocenters. The Balaban J connectivity index is 2.55. The molecule has 4 nitrogen and oxygen atoms in total. The molecule has 1 amide bonds. The van der Waals surface area contributed by atoms with Gasteiger partial charge < -0.3 is 16.0 Å². The fraction of sp³-hybridized carbons (Fsp3) is 0.923. The Labute approximate surface area is 117 Å². The number of rotatable bonds is 5. The maximum absolute atomic E-state index is 12.6. The molecule has 1 aliphatic rings. The lowest BCUT2D eigenvalue weighted by molar-refractivity contribution is -0.186. The van der Waals surface area contributed by atoms with Crippen LogP contribution in [-0.2, 0) is 4.79 Å². The Bertz CT molecular complexity index is 340. The third kappa shape index (κ3) is 4.09. The molecule has 1 saturated heterocycles. The lowest BCUT2D eigenvalue weighted by atomic mass is 9.89. The van der Waals surface area contributed by atoms with Crippen LogP contribution >= 0.6 is 0 Å². The van der Waals surface area contributed by atoms with Gasteiger partial charge in [-0.2, -0.15) is 13.2 Å². The fourth-order valence-electron chi connectivity index (χ4n) is 2.71. The number of nitrogens with zero attached hydrogens (tertiary/aromatic N) is 1. The number of carbonyl (C=O) groups excluding carboxylic acids is 1. The third-order valence-electron chi connectivity index (χ3n) is 4.42. The van der Waals surface area contributed by atoms with Gasteiger partial charge in [0.25, 0.3) is 0 Å². The highest BCUT2D eigenvalue weighted by atomic mass is 19.4. The number of primary amides is 1. The van der Waals surface area contributed by atoms with Crippen LogP contribution in [0, 0.1) is 5.92 Å². The Morgan fingerprint density at radius 3 is 2.25 bits per heavy atom. The Kier molecular flexibility index (Phi) is 5.43. The molecule has 7 heteroatoms. The van der Waals surface area contributed by atoms with Gasteiger partial charge >= 0.3 is 6.18 Å². The topological polar surface area (TPSA) is 58.4 Å². The van der Waals surface area contributed by atoms with Crippen LogP contribution in [-0.4, -0.2) is 48.7 Å². The highest BCUT2D eigenvalue weighted by Gasteiger charge is 2.42. The largest absolute Gasteiger partial charge is 0.391 e. The van der Waals surface area contributed by atoms with Crippen molar-refractivity contribution >= 4 is 5.91 Å². The summed E-state index contributed by atoms with van der Waals surface area (Å²) in [5.41, 5.74) is 4.54. The second kappa shape index (κ2) is 6.30. The predicted octanol–water partition coefficient (Wildman–Crippen LogP) is 1.50. The first-order valence-electron chi connectivity index (χ1n) is 6.89. The lowest BCUT2D eigenvalue weighted by Gasteiger charge is -2.39. The number of nitrogens with one attached hydrogen (secondary N) is 1. The van der Waals surface area contributed by atoms with Crippen molar-refractivity contribution in [3.63, 3.8) is 0 Å². The monoisotopic (exact) mass is 295 g/mol. The molecule has 2 atom stereocenters. The van der Waals surface area contributed by atoms with Crippen LogP contribution in [0.5, 0.6) is 0 Å². The molecule has 0 aromatic carbocycles. The number of hydrogen-bond acceptors (Lipinski definition) is 3. The molecule has 0 aromatic rings. The molecule has 0 aromatic heterocycles. The van der Waals surface area contributed by atoms with Gasteiger partial charge in [-0.15, -0.1) is 0 Å². The average molecular weight is 295 g/mol. The molecule has 118 valence electrons. The molecule has 1 aliphatic heterocycles. The molecule has 0 radical (unpaired) electrons. The summed E-state index contributed by atoms with van der Waals surface area (Å²) in [5, 5.41) is 2.90. The number of carbonyl (C=O) groups is 1. The molecule has 1 rings (SSSR count). The first kappa shape index (κ1) is 17.2. The zero-order valence-electron chi connectivity index (χ0n) is 12.3. The molecule has 0 saturated carbocycles. The van der Waals surface area contributed by atoms with Crippen LogP contribution in [0.3, 0.4) is 0 Å². The van der Waals surface area contributed by atoms with Crippen molar-refractivity contribution in [2.45, 2.75) is 50.9 Å². The summed E-state index contributed by atoms with van der Waals surface area (Å²) in [6, 6.07) is 0.00846. The summed E-state index contributed by atoms with van der Waals surface area (Å²) in [6.07, 6.45) is -3.36. The summed E-state index contributed by atoms with van der Waals surface area (Å²) < 4.78 is 37.8. The second-order valence-corrected chi connectivity index (χ2v) is 5.85. The van der Waals surface area contributed by atoms with Crippen LogP contribution in [0.25, 0.3) is 0 Å². The van der Waals surface area contributed by atoms with Gasteiger partial charge in [0.15, 0.2) is 0 Å². The van der Waals surface area contributed by atoms with Crippen molar-refractivity contribution in [2.24, 2.45) is 11.7 Å². The van der Waals surface area contributed by atoms with Gasteiger partial charge in [0.2, 0.25) is 5.91 Å². The van der Waals surface area contributed by atoms with E-state index in [9.17, 15) is 18.0 Å². The van der Waals surface area contributed by atoms with Crippen LogP contribution in [0.15, 0.2) is 0 Å². The van der Waals surface area contributed by atoms with Crippen LogP contribution in [0.2, 0.25) is 0 Å². The highest BCUT2D eigenvalue weighted by Crippen LogP contribution is 2.35. The molecule has 0 spiro atoms. The van der Waals surface area contributed by atoms with Gasteiger partial charge in [0.05, 0.1) is 11.5 Å². The number of piperidine rings is 1. The van der Waals surface area contributed by atoms with Crippen LogP contribution < -0.4 is 11.1 Å². The minimum atomic E-state index is -4.10. The quantitative estimate of drug-likeness (QED) is 0.808. The normalized spacial score (nSPS) is 23.3. The molecule has 0 aliphatic carbocycles. The smallest absolute Gasteiger partial charge is 0.368 e. The summed E-state index contributed by atoms with van der Waals surface area (Å²) in [6.45, 7) is 4.45. The Morgan fingerprint density at radius 2 is 1.90 bits per heavy atom. The van der Waals surface area contributed by atoms with E-state index in [2.05, 4.69) is 5.32 Å². The maximum atomic E-state index is 12.6. The number of alkyl halides is 3. The van der Waals surface area contributed by atoms with Crippen LogP contribution in [0.4, 0.5) is 13.2 Å². The third-order valence-corrected chi connectivity index (χ3v) is 4.42. The second-order valence-electron chi connectivity index (χ2n) is 5.85. The minimum Gasteiger partial charge on any atom is -0.368 e. The van der Waals surface area contributed by atoms with Gasteiger partial charge in [0.1, 0.15) is 0 Å². The van der Waals surface area contributed by atoms with E-state index in [-0.39, 0.29) is 18.9 Å². The first-order valence-corrected chi connectivity index (χ1v) is 6.89. The van der Waals surface area contributed by atoms with Gasteiger partial charge in [-0.1, -0.05) is 0 Å². The van der Waals surface area contributed by atoms with E-state index >= 15 is 0 Å². The van der Waals surface area contributed by atoms with Gasteiger partial charge in [-0.3, -0.25) is 4.79 Å². The number of likely N-dealkylation sites (N-methyl/N-ethyl adjacent to an activating group) is 1. The summed E-state index contributed by atoms with van der Waals surface area (Å²) in [4.78, 5) is 13.4. The van der Waals surface area contributed by atoms with Gasteiger partial charge in [-0.25, -0.2) is 0 Å². The number of nitrogens with two attached hydrogens (primary N) is 1. The molecule has 1 heterocycles. The van der Waals surface area contributed by atoms with Crippen molar-refractivity contribution in [1.29, 1.82) is 0 Å². The molecular weight excluding hydrogens is 271 g/mol. The fourth-order valence-corrected chi connectivity index (χ4v) is 2.71. The van der Waals surface area contributed by atoms with Gasteiger partial charge in [0, 0.05) is 6.04 Å². The minimum absolute atomic E-state index is 0.00846. The van der Waals surface area contributed by atoms with Crippen molar-refractivity contribution in [2.75, 3.05) is 20.1 Å². The molecule has 1 fully saturated rings. The van der Waals surface area contributed by atoms with E-state index < -0.39 is 23.5 Å².